The lowest BCUT2D eigenvalue weighted by Crippen LogP contribution is -2.33. The van der Waals surface area contributed by atoms with Gasteiger partial charge in [0.2, 0.25) is 5.78 Å². The fourth-order valence-electron chi connectivity index (χ4n) is 3.35. The molecule has 0 saturated heterocycles. The molecule has 3 N–H and O–H groups in total. The third-order valence-corrected chi connectivity index (χ3v) is 5.43. The highest BCUT2D eigenvalue weighted by Crippen LogP contribution is 2.30. The molecule has 1 aromatic heterocycles. The first-order valence-corrected chi connectivity index (χ1v) is 11.3. The second-order valence-electron chi connectivity index (χ2n) is 7.83. The molecule has 0 bridgehead atoms. The monoisotopic (exact) mass is 492 g/mol. The van der Waals surface area contributed by atoms with Gasteiger partial charge < -0.3 is 19.9 Å². The summed E-state index contributed by atoms with van der Waals surface area (Å²) in [5.41, 5.74) is 3.41. The summed E-state index contributed by atoms with van der Waals surface area (Å²) < 4.78 is 14.8. The molecule has 0 aliphatic heterocycles. The van der Waals surface area contributed by atoms with E-state index < -0.39 is 11.8 Å². The SMILES string of the molecule is COc1cc(NC(C(=O)C(=NS)C(=N)c2ccc(C)cc2)c2ccc(C)nc2)cc(OCCO)c1. The van der Waals surface area contributed by atoms with Crippen molar-refractivity contribution in [3.8, 4) is 11.5 Å². The average molecular weight is 493 g/mol. The molecule has 35 heavy (non-hydrogen) atoms. The van der Waals surface area contributed by atoms with Crippen LogP contribution in [0.15, 0.2) is 65.2 Å². The maximum Gasteiger partial charge on any atom is 0.210 e. The van der Waals surface area contributed by atoms with E-state index in [1.165, 1.54) is 7.11 Å². The predicted octanol–water partition coefficient (Wildman–Crippen LogP) is 4.15. The number of ketones is 1. The number of methoxy groups -OCH3 is 1. The summed E-state index contributed by atoms with van der Waals surface area (Å²) in [7, 11) is 1.52. The third-order valence-electron chi connectivity index (χ3n) is 5.23. The van der Waals surface area contributed by atoms with Gasteiger partial charge >= 0.3 is 0 Å². The number of anilines is 1. The smallest absolute Gasteiger partial charge is 0.210 e. The summed E-state index contributed by atoms with van der Waals surface area (Å²) in [6, 6.07) is 15.1. The number of hydrogen-bond donors (Lipinski definition) is 4. The molecule has 1 atom stereocenters. The van der Waals surface area contributed by atoms with Crippen LogP contribution in [0.25, 0.3) is 0 Å². The average Bonchev–Trinajstić information content (AvgIpc) is 2.87. The normalized spacial score (nSPS) is 12.1. The molecular weight excluding hydrogens is 464 g/mol. The standard InChI is InChI=1S/C26H28N4O4S/c1-16-4-7-18(8-5-16)23(27)25(30-35)26(32)24(19-9-6-17(2)28-15-19)29-20-12-21(33-3)14-22(13-20)34-11-10-31/h4-9,12-15,24,27,29,31,35H,10-11H2,1-3H3. The Morgan fingerprint density at radius 1 is 1.14 bits per heavy atom. The molecule has 2 aromatic carbocycles. The molecule has 1 unspecified atom stereocenters. The van der Waals surface area contributed by atoms with Crippen LogP contribution in [0.1, 0.15) is 28.4 Å². The molecule has 182 valence electrons. The van der Waals surface area contributed by atoms with Crippen molar-refractivity contribution in [2.45, 2.75) is 19.9 Å². The number of Topliss-reactive ketones (excluding diaryl/α,β-unsaturated/α-hetero) is 1. The molecule has 8 nitrogen and oxygen atoms in total. The molecule has 3 aromatic rings. The van der Waals surface area contributed by atoms with E-state index in [-0.39, 0.29) is 24.6 Å². The lowest BCUT2D eigenvalue weighted by Gasteiger charge is -2.21. The minimum absolute atomic E-state index is 0.0329. The number of ether oxygens (including phenoxy) is 2. The van der Waals surface area contributed by atoms with Crippen LogP contribution in [-0.2, 0) is 4.79 Å². The van der Waals surface area contributed by atoms with Crippen LogP contribution in [0, 0.1) is 19.3 Å². The number of carbonyl (C=O) groups is 1. The number of aliphatic hydroxyl groups excluding tert-OH is 1. The van der Waals surface area contributed by atoms with E-state index in [0.29, 0.717) is 28.3 Å². The van der Waals surface area contributed by atoms with E-state index >= 15 is 0 Å². The molecule has 0 aliphatic carbocycles. The van der Waals surface area contributed by atoms with Gasteiger partial charge in [-0.3, -0.25) is 15.2 Å². The Balaban J connectivity index is 2.00. The lowest BCUT2D eigenvalue weighted by atomic mass is 9.95. The third kappa shape index (κ3) is 6.68. The minimum atomic E-state index is -0.919. The molecular formula is C26H28N4O4S. The Kier molecular flexibility index (Phi) is 8.99. The minimum Gasteiger partial charge on any atom is -0.497 e. The number of benzene rings is 2. The van der Waals surface area contributed by atoms with Crippen LogP contribution in [0.4, 0.5) is 5.69 Å². The van der Waals surface area contributed by atoms with Crippen LogP contribution < -0.4 is 14.8 Å². The zero-order chi connectivity index (χ0) is 25.4. The number of thiol groups is 1. The molecule has 0 saturated carbocycles. The Labute approximate surface area is 210 Å². The van der Waals surface area contributed by atoms with Gasteiger partial charge in [0.25, 0.3) is 0 Å². The number of nitrogens with one attached hydrogen (secondary N) is 2. The van der Waals surface area contributed by atoms with Crippen molar-refractivity contribution in [2.75, 3.05) is 25.6 Å². The second-order valence-corrected chi connectivity index (χ2v) is 8.03. The quantitative estimate of drug-likeness (QED) is 0.236. The second kappa shape index (κ2) is 12.1. The zero-order valence-electron chi connectivity index (χ0n) is 19.8. The Morgan fingerprint density at radius 3 is 2.46 bits per heavy atom. The Hall–Kier alpha value is -3.69. The topological polar surface area (TPSA) is 117 Å². The Bertz CT molecular complexity index is 1210. The van der Waals surface area contributed by atoms with Gasteiger partial charge in [-0.15, -0.1) is 0 Å². The molecule has 0 radical (unpaired) electrons. The molecule has 0 fully saturated rings. The van der Waals surface area contributed by atoms with E-state index in [4.69, 9.17) is 20.0 Å². The van der Waals surface area contributed by atoms with Crippen LogP contribution >= 0.6 is 12.8 Å². The lowest BCUT2D eigenvalue weighted by molar-refractivity contribution is -0.113. The van der Waals surface area contributed by atoms with E-state index in [2.05, 4.69) is 27.5 Å². The summed E-state index contributed by atoms with van der Waals surface area (Å²) in [6.45, 7) is 3.78. The van der Waals surface area contributed by atoms with Gasteiger partial charge in [-0.05, 0) is 32.7 Å². The highest BCUT2D eigenvalue weighted by atomic mass is 32.1. The first-order valence-electron chi connectivity index (χ1n) is 10.9. The molecule has 0 aliphatic rings. The molecule has 1 heterocycles. The first-order chi connectivity index (χ1) is 16.9. The Morgan fingerprint density at radius 2 is 1.86 bits per heavy atom. The van der Waals surface area contributed by atoms with Gasteiger partial charge in [0, 0.05) is 46.9 Å². The number of aryl methyl sites for hydroxylation is 2. The maximum atomic E-state index is 13.8. The van der Waals surface area contributed by atoms with Gasteiger partial charge in [-0.1, -0.05) is 35.9 Å². The number of pyridine rings is 1. The summed E-state index contributed by atoms with van der Waals surface area (Å²) in [5, 5.41) is 20.9. The van der Waals surface area contributed by atoms with Gasteiger partial charge in [-0.25, -0.2) is 4.40 Å². The fourth-order valence-corrected chi connectivity index (χ4v) is 3.55. The maximum absolute atomic E-state index is 13.8. The van der Waals surface area contributed by atoms with Crippen molar-refractivity contribution in [3.63, 3.8) is 0 Å². The number of aliphatic hydroxyl groups is 1. The number of hydrogen-bond acceptors (Lipinski definition) is 9. The van der Waals surface area contributed by atoms with Crippen LogP contribution in [0.3, 0.4) is 0 Å². The molecule has 9 heteroatoms. The van der Waals surface area contributed by atoms with E-state index in [9.17, 15) is 4.79 Å². The molecule has 0 spiro atoms. The fraction of sp³-hybridized carbons (Fsp3) is 0.231. The van der Waals surface area contributed by atoms with Crippen LogP contribution in [-0.4, -0.2) is 47.6 Å². The van der Waals surface area contributed by atoms with Crippen molar-refractivity contribution in [2.24, 2.45) is 4.40 Å². The van der Waals surface area contributed by atoms with E-state index in [0.717, 1.165) is 11.3 Å². The summed E-state index contributed by atoms with van der Waals surface area (Å²) in [4.78, 5) is 18.1. The van der Waals surface area contributed by atoms with E-state index in [1.54, 1.807) is 42.6 Å². The van der Waals surface area contributed by atoms with E-state index in [1.807, 2.05) is 32.0 Å². The van der Waals surface area contributed by atoms with Crippen molar-refractivity contribution in [1.29, 1.82) is 5.41 Å². The predicted molar refractivity (Wildman–Crippen MR) is 140 cm³/mol. The molecule has 0 amide bonds. The van der Waals surface area contributed by atoms with Gasteiger partial charge in [-0.2, -0.15) is 0 Å². The van der Waals surface area contributed by atoms with Crippen molar-refractivity contribution in [1.82, 2.24) is 4.98 Å². The zero-order valence-corrected chi connectivity index (χ0v) is 20.7. The number of nitrogens with zero attached hydrogens (tertiary/aromatic N) is 2. The van der Waals surface area contributed by atoms with Crippen molar-refractivity contribution >= 4 is 35.7 Å². The number of carbonyl (C=O) groups excluding carboxylic acids is 1. The van der Waals surface area contributed by atoms with Crippen molar-refractivity contribution < 1.29 is 19.4 Å². The largest absolute Gasteiger partial charge is 0.497 e. The molecule has 3 rings (SSSR count). The first kappa shape index (κ1) is 25.9. The summed E-state index contributed by atoms with van der Waals surface area (Å²) >= 11 is 4.02. The summed E-state index contributed by atoms with van der Waals surface area (Å²) in [6.07, 6.45) is 1.61. The van der Waals surface area contributed by atoms with Gasteiger partial charge in [0.1, 0.15) is 29.9 Å². The van der Waals surface area contributed by atoms with Crippen molar-refractivity contribution in [3.05, 3.63) is 83.2 Å². The van der Waals surface area contributed by atoms with Crippen LogP contribution in [0.5, 0.6) is 11.5 Å². The highest BCUT2D eigenvalue weighted by Gasteiger charge is 2.29. The van der Waals surface area contributed by atoms with Crippen LogP contribution in [0.2, 0.25) is 0 Å². The van der Waals surface area contributed by atoms with Gasteiger partial charge in [0.15, 0.2) is 0 Å². The summed E-state index contributed by atoms with van der Waals surface area (Å²) in [5.74, 6) is 0.521. The number of aromatic nitrogens is 1. The highest BCUT2D eigenvalue weighted by molar-refractivity contribution is 7.79. The van der Waals surface area contributed by atoms with Gasteiger partial charge in [0.05, 0.1) is 19.4 Å². The number of rotatable bonds is 11.